The zero-order valence-corrected chi connectivity index (χ0v) is 14.5. The van der Waals surface area contributed by atoms with E-state index in [1.54, 1.807) is 18.2 Å². The summed E-state index contributed by atoms with van der Waals surface area (Å²) in [7, 11) is 0. The maximum atomic E-state index is 12.5. The number of carboxylic acids is 1. The fraction of sp³-hybridized carbons (Fsp3) is 0.312. The maximum Gasteiger partial charge on any atom is 0.305 e. The Labute approximate surface area is 149 Å². The van der Waals surface area contributed by atoms with Gasteiger partial charge in [0.05, 0.1) is 16.5 Å². The lowest BCUT2D eigenvalue weighted by molar-refractivity contribution is -0.137. The molecule has 1 aromatic heterocycles. The molecule has 128 valence electrons. The summed E-state index contributed by atoms with van der Waals surface area (Å²) in [6.45, 7) is 2.48. The first kappa shape index (κ1) is 18.3. The van der Waals surface area contributed by atoms with E-state index in [2.05, 4.69) is 4.98 Å². The third kappa shape index (κ3) is 4.49. The summed E-state index contributed by atoms with van der Waals surface area (Å²) in [5, 5.41) is 9.55. The highest BCUT2D eigenvalue weighted by Gasteiger charge is 2.20. The maximum absolute atomic E-state index is 12.5. The molecule has 24 heavy (non-hydrogen) atoms. The monoisotopic (exact) mass is 370 g/mol. The lowest BCUT2D eigenvalue weighted by atomic mass is 10.2. The fourth-order valence-corrected chi connectivity index (χ4v) is 2.41. The van der Waals surface area contributed by atoms with Gasteiger partial charge in [0, 0.05) is 18.7 Å². The molecule has 0 fully saturated rings. The van der Waals surface area contributed by atoms with Gasteiger partial charge in [-0.05, 0) is 24.6 Å². The molecule has 0 spiro atoms. The van der Waals surface area contributed by atoms with Crippen LogP contribution >= 0.6 is 23.2 Å². The van der Waals surface area contributed by atoms with Gasteiger partial charge in [-0.3, -0.25) is 9.59 Å². The molecule has 1 aromatic carbocycles. The minimum absolute atomic E-state index is 0.120. The number of nitrogens with zero attached hydrogens (tertiary/aromatic N) is 2. The van der Waals surface area contributed by atoms with Crippen LogP contribution in [-0.4, -0.2) is 40.0 Å². The molecule has 8 heteroatoms. The van der Waals surface area contributed by atoms with E-state index >= 15 is 0 Å². The van der Waals surface area contributed by atoms with Gasteiger partial charge in [0.2, 0.25) is 5.89 Å². The molecular weight excluding hydrogens is 355 g/mol. The summed E-state index contributed by atoms with van der Waals surface area (Å²) in [6, 6.07) is 4.89. The first-order chi connectivity index (χ1) is 11.4. The van der Waals surface area contributed by atoms with Gasteiger partial charge in [-0.25, -0.2) is 4.98 Å². The molecule has 0 atom stereocenters. The Morgan fingerprint density at radius 2 is 2.00 bits per heavy atom. The fourth-order valence-electron chi connectivity index (χ4n) is 2.11. The van der Waals surface area contributed by atoms with Gasteiger partial charge in [-0.15, -0.1) is 0 Å². The number of carbonyl (C=O) groups is 2. The highest BCUT2D eigenvalue weighted by molar-refractivity contribution is 6.42. The van der Waals surface area contributed by atoms with Crippen LogP contribution in [0.15, 0.2) is 28.9 Å². The lowest BCUT2D eigenvalue weighted by Crippen LogP contribution is -2.34. The molecule has 0 aliphatic carbocycles. The van der Waals surface area contributed by atoms with E-state index in [-0.39, 0.29) is 30.5 Å². The van der Waals surface area contributed by atoms with E-state index in [0.717, 1.165) is 0 Å². The van der Waals surface area contributed by atoms with Gasteiger partial charge < -0.3 is 14.4 Å². The Kier molecular flexibility index (Phi) is 6.23. The van der Waals surface area contributed by atoms with E-state index in [9.17, 15) is 9.59 Å². The number of rotatable bonds is 7. The Morgan fingerprint density at radius 1 is 1.25 bits per heavy atom. The van der Waals surface area contributed by atoms with Crippen molar-refractivity contribution in [2.45, 2.75) is 19.8 Å². The number of aromatic nitrogens is 1. The molecule has 1 N–H and O–H groups in total. The molecule has 0 saturated heterocycles. The van der Waals surface area contributed by atoms with Crippen molar-refractivity contribution >= 4 is 35.1 Å². The van der Waals surface area contributed by atoms with Crippen LogP contribution in [0.25, 0.3) is 11.5 Å². The lowest BCUT2D eigenvalue weighted by Gasteiger charge is -2.19. The zero-order chi connectivity index (χ0) is 17.7. The van der Waals surface area contributed by atoms with Crippen molar-refractivity contribution in [2.24, 2.45) is 0 Å². The van der Waals surface area contributed by atoms with Gasteiger partial charge in [-0.2, -0.15) is 0 Å². The highest BCUT2D eigenvalue weighted by Crippen LogP contribution is 2.28. The van der Waals surface area contributed by atoms with Gasteiger partial charge in [0.15, 0.2) is 5.69 Å². The van der Waals surface area contributed by atoms with Crippen LogP contribution in [0.2, 0.25) is 10.0 Å². The second-order valence-corrected chi connectivity index (χ2v) is 5.92. The third-order valence-corrected chi connectivity index (χ3v) is 4.01. The number of halogens is 2. The van der Waals surface area contributed by atoms with Crippen molar-refractivity contribution in [2.75, 3.05) is 13.1 Å². The number of hydrogen-bond donors (Lipinski definition) is 1. The standard InChI is InChI=1S/C16H16Cl2N2O4/c1-2-6-20(7-5-14(21)22)16(23)13-9-24-15(19-13)10-3-4-11(17)12(18)8-10/h3-4,8-9H,2,5-7H2,1H3,(H,21,22). The number of aliphatic carboxylic acids is 1. The Hall–Kier alpha value is -2.05. The van der Waals surface area contributed by atoms with Crippen LogP contribution in [0.4, 0.5) is 0 Å². The topological polar surface area (TPSA) is 83.6 Å². The molecule has 6 nitrogen and oxygen atoms in total. The minimum Gasteiger partial charge on any atom is -0.481 e. The molecular formula is C16H16Cl2N2O4. The first-order valence-electron chi connectivity index (χ1n) is 7.34. The summed E-state index contributed by atoms with van der Waals surface area (Å²) in [4.78, 5) is 28.8. The van der Waals surface area contributed by atoms with Crippen molar-refractivity contribution < 1.29 is 19.1 Å². The summed E-state index contributed by atoms with van der Waals surface area (Å²) >= 11 is 11.8. The van der Waals surface area contributed by atoms with Crippen molar-refractivity contribution in [1.82, 2.24) is 9.88 Å². The molecule has 2 rings (SSSR count). The predicted molar refractivity (Wildman–Crippen MR) is 90.4 cm³/mol. The van der Waals surface area contributed by atoms with Gasteiger partial charge in [-0.1, -0.05) is 30.1 Å². The number of benzene rings is 1. The smallest absolute Gasteiger partial charge is 0.305 e. The van der Waals surface area contributed by atoms with Gasteiger partial charge in [0.1, 0.15) is 6.26 Å². The van der Waals surface area contributed by atoms with Crippen LogP contribution in [0, 0.1) is 0 Å². The van der Waals surface area contributed by atoms with Gasteiger partial charge in [0.25, 0.3) is 5.91 Å². The summed E-state index contributed by atoms with van der Waals surface area (Å²) in [6.07, 6.45) is 1.84. The van der Waals surface area contributed by atoms with E-state index in [1.165, 1.54) is 11.2 Å². The quantitative estimate of drug-likeness (QED) is 0.796. The van der Waals surface area contributed by atoms with Crippen LogP contribution in [0.5, 0.6) is 0 Å². The van der Waals surface area contributed by atoms with E-state index in [1.807, 2.05) is 6.92 Å². The molecule has 1 heterocycles. The van der Waals surface area contributed by atoms with Crippen molar-refractivity contribution in [1.29, 1.82) is 0 Å². The minimum atomic E-state index is -0.958. The van der Waals surface area contributed by atoms with Gasteiger partial charge >= 0.3 is 5.97 Å². The van der Waals surface area contributed by atoms with E-state index < -0.39 is 5.97 Å². The first-order valence-corrected chi connectivity index (χ1v) is 8.10. The van der Waals surface area contributed by atoms with Crippen molar-refractivity contribution in [3.8, 4) is 11.5 Å². The average Bonchev–Trinajstić information content (AvgIpc) is 3.03. The normalized spacial score (nSPS) is 10.6. The SMILES string of the molecule is CCCN(CCC(=O)O)C(=O)c1coc(-c2ccc(Cl)c(Cl)c2)n1. The summed E-state index contributed by atoms with van der Waals surface area (Å²) < 4.78 is 5.34. The molecule has 2 aromatic rings. The second-order valence-electron chi connectivity index (χ2n) is 5.10. The predicted octanol–water partition coefficient (Wildman–Crippen LogP) is 3.98. The molecule has 0 aliphatic rings. The van der Waals surface area contributed by atoms with Crippen LogP contribution < -0.4 is 0 Å². The number of carboxylic acid groups (broad SMARTS) is 1. The summed E-state index contributed by atoms with van der Waals surface area (Å²) in [5.74, 6) is -1.08. The Balaban J connectivity index is 2.19. The number of carbonyl (C=O) groups excluding carboxylic acids is 1. The number of hydrogen-bond acceptors (Lipinski definition) is 4. The third-order valence-electron chi connectivity index (χ3n) is 3.27. The zero-order valence-electron chi connectivity index (χ0n) is 13.0. The molecule has 0 aliphatic heterocycles. The molecule has 0 unspecified atom stereocenters. The van der Waals surface area contributed by atoms with Crippen LogP contribution in [0.1, 0.15) is 30.3 Å². The summed E-state index contributed by atoms with van der Waals surface area (Å²) in [5.41, 5.74) is 0.714. The van der Waals surface area contributed by atoms with Crippen molar-refractivity contribution in [3.63, 3.8) is 0 Å². The molecule has 0 radical (unpaired) electrons. The Morgan fingerprint density at radius 3 is 2.62 bits per heavy atom. The molecule has 0 bridgehead atoms. The van der Waals surface area contributed by atoms with Crippen molar-refractivity contribution in [3.05, 3.63) is 40.2 Å². The second kappa shape index (κ2) is 8.17. The number of amides is 1. The van der Waals surface area contributed by atoms with E-state index in [4.69, 9.17) is 32.7 Å². The van der Waals surface area contributed by atoms with Crippen LogP contribution in [-0.2, 0) is 4.79 Å². The average molecular weight is 371 g/mol. The highest BCUT2D eigenvalue weighted by atomic mass is 35.5. The largest absolute Gasteiger partial charge is 0.481 e. The molecule has 0 saturated carbocycles. The molecule has 1 amide bonds. The number of oxazole rings is 1. The van der Waals surface area contributed by atoms with E-state index in [0.29, 0.717) is 28.6 Å². The van der Waals surface area contributed by atoms with Crippen LogP contribution in [0.3, 0.4) is 0 Å². The Bertz CT molecular complexity index is 745.